The van der Waals surface area contributed by atoms with E-state index in [1.807, 2.05) is 11.7 Å². The Morgan fingerprint density at radius 1 is 1.44 bits per heavy atom. The van der Waals surface area contributed by atoms with E-state index in [0.29, 0.717) is 0 Å². The summed E-state index contributed by atoms with van der Waals surface area (Å²) < 4.78 is 2.02. The number of aryl methyl sites for hydroxylation is 2. The number of hydrogen-bond donors (Lipinski definition) is 1. The maximum atomic E-state index is 4.40. The smallest absolute Gasteiger partial charge is 0.0596 e. The molecule has 1 unspecified atom stereocenters. The molecule has 1 aromatic rings. The molecule has 16 heavy (non-hydrogen) atoms. The van der Waals surface area contributed by atoms with Gasteiger partial charge in [0.25, 0.3) is 0 Å². The van der Waals surface area contributed by atoms with Crippen molar-refractivity contribution in [1.82, 2.24) is 15.1 Å². The van der Waals surface area contributed by atoms with Gasteiger partial charge in [-0.3, -0.25) is 4.68 Å². The number of nitrogens with zero attached hydrogens (tertiary/aromatic N) is 2. The van der Waals surface area contributed by atoms with Gasteiger partial charge in [0, 0.05) is 12.7 Å². The molecule has 3 heteroatoms. The summed E-state index contributed by atoms with van der Waals surface area (Å²) in [5.74, 6) is 0.736. The van der Waals surface area contributed by atoms with E-state index in [0.717, 1.165) is 31.1 Å². The Balaban J connectivity index is 2.56. The molecule has 0 aliphatic rings. The maximum absolute atomic E-state index is 4.40. The van der Waals surface area contributed by atoms with Gasteiger partial charge in [0.15, 0.2) is 0 Å². The predicted molar refractivity (Wildman–Crippen MR) is 68.6 cm³/mol. The number of rotatable bonds is 7. The fraction of sp³-hybridized carbons (Fsp3) is 0.769. The van der Waals surface area contributed by atoms with Gasteiger partial charge in [0.05, 0.1) is 5.69 Å². The zero-order valence-electron chi connectivity index (χ0n) is 11.1. The van der Waals surface area contributed by atoms with Crippen LogP contribution in [0.25, 0.3) is 0 Å². The minimum absolute atomic E-state index is 0.736. The molecule has 0 amide bonds. The molecule has 0 saturated carbocycles. The van der Waals surface area contributed by atoms with Crippen molar-refractivity contribution in [3.05, 3.63) is 17.5 Å². The Bertz CT molecular complexity index is 304. The summed E-state index contributed by atoms with van der Waals surface area (Å²) >= 11 is 0. The van der Waals surface area contributed by atoms with Gasteiger partial charge in [-0.25, -0.2) is 0 Å². The third kappa shape index (κ3) is 3.97. The molecule has 0 radical (unpaired) electrons. The Morgan fingerprint density at radius 2 is 2.19 bits per heavy atom. The Morgan fingerprint density at radius 3 is 2.69 bits per heavy atom. The lowest BCUT2D eigenvalue weighted by molar-refractivity contribution is 0.433. The van der Waals surface area contributed by atoms with Gasteiger partial charge in [0.2, 0.25) is 0 Å². The molecule has 0 fully saturated rings. The van der Waals surface area contributed by atoms with E-state index in [9.17, 15) is 0 Å². The van der Waals surface area contributed by atoms with Crippen LogP contribution in [0.2, 0.25) is 0 Å². The van der Waals surface area contributed by atoms with Crippen molar-refractivity contribution >= 4 is 0 Å². The molecular formula is C13H25N3. The third-order valence-corrected chi connectivity index (χ3v) is 2.98. The lowest BCUT2D eigenvalue weighted by Gasteiger charge is -2.16. The van der Waals surface area contributed by atoms with Crippen LogP contribution in [0, 0.1) is 12.8 Å². The molecule has 3 nitrogen and oxygen atoms in total. The molecule has 1 heterocycles. The maximum Gasteiger partial charge on any atom is 0.0596 e. The monoisotopic (exact) mass is 223 g/mol. The highest BCUT2D eigenvalue weighted by atomic mass is 15.3. The summed E-state index contributed by atoms with van der Waals surface area (Å²) in [6, 6.07) is 2.20. The lowest BCUT2D eigenvalue weighted by atomic mass is 9.97. The van der Waals surface area contributed by atoms with Crippen molar-refractivity contribution in [2.75, 3.05) is 13.1 Å². The first kappa shape index (κ1) is 13.2. The minimum Gasteiger partial charge on any atom is -0.317 e. The second-order valence-corrected chi connectivity index (χ2v) is 4.57. The van der Waals surface area contributed by atoms with Gasteiger partial charge in [-0.1, -0.05) is 20.3 Å². The molecule has 0 aromatic carbocycles. The largest absolute Gasteiger partial charge is 0.317 e. The molecule has 0 aliphatic carbocycles. The molecular weight excluding hydrogens is 198 g/mol. The van der Waals surface area contributed by atoms with Crippen LogP contribution >= 0.6 is 0 Å². The minimum atomic E-state index is 0.736. The normalized spacial score (nSPS) is 13.0. The Kier molecular flexibility index (Phi) is 5.53. The molecule has 92 valence electrons. The second-order valence-electron chi connectivity index (χ2n) is 4.57. The van der Waals surface area contributed by atoms with Crippen molar-refractivity contribution in [1.29, 1.82) is 0 Å². The molecule has 0 saturated heterocycles. The fourth-order valence-corrected chi connectivity index (χ4v) is 2.18. The highest BCUT2D eigenvalue weighted by Gasteiger charge is 2.11. The lowest BCUT2D eigenvalue weighted by Crippen LogP contribution is -2.24. The number of nitrogens with one attached hydrogen (secondary N) is 1. The van der Waals surface area contributed by atoms with E-state index in [2.05, 4.69) is 37.3 Å². The standard InChI is InChI=1S/C13H25N3/c1-5-7-12(10-14-6-2)9-13-8-11(3)15-16(13)4/h8,12,14H,5-7,9-10H2,1-4H3. The van der Waals surface area contributed by atoms with Gasteiger partial charge in [-0.15, -0.1) is 0 Å². The van der Waals surface area contributed by atoms with Crippen LogP contribution in [0.5, 0.6) is 0 Å². The molecule has 0 bridgehead atoms. The highest BCUT2D eigenvalue weighted by Crippen LogP contribution is 2.14. The van der Waals surface area contributed by atoms with Crippen LogP contribution in [-0.4, -0.2) is 22.9 Å². The second kappa shape index (κ2) is 6.69. The molecule has 1 N–H and O–H groups in total. The van der Waals surface area contributed by atoms with Gasteiger partial charge < -0.3 is 5.32 Å². The van der Waals surface area contributed by atoms with Crippen LogP contribution < -0.4 is 5.32 Å². The van der Waals surface area contributed by atoms with E-state index in [4.69, 9.17) is 0 Å². The van der Waals surface area contributed by atoms with Crippen molar-refractivity contribution in [2.24, 2.45) is 13.0 Å². The van der Waals surface area contributed by atoms with E-state index in [-0.39, 0.29) is 0 Å². The van der Waals surface area contributed by atoms with E-state index in [1.165, 1.54) is 18.5 Å². The molecule has 1 aromatic heterocycles. The van der Waals surface area contributed by atoms with E-state index >= 15 is 0 Å². The summed E-state index contributed by atoms with van der Waals surface area (Å²) in [5, 5.41) is 7.85. The van der Waals surface area contributed by atoms with Crippen LogP contribution in [-0.2, 0) is 13.5 Å². The summed E-state index contributed by atoms with van der Waals surface area (Å²) in [7, 11) is 2.04. The Labute approximate surface area is 99.2 Å². The van der Waals surface area contributed by atoms with Crippen LogP contribution in [0.15, 0.2) is 6.07 Å². The zero-order chi connectivity index (χ0) is 12.0. The van der Waals surface area contributed by atoms with Crippen LogP contribution in [0.4, 0.5) is 0 Å². The molecule has 1 atom stereocenters. The van der Waals surface area contributed by atoms with Crippen molar-refractivity contribution in [2.45, 2.75) is 40.0 Å². The van der Waals surface area contributed by atoms with Gasteiger partial charge >= 0.3 is 0 Å². The molecule has 1 rings (SSSR count). The number of hydrogen-bond acceptors (Lipinski definition) is 2. The summed E-state index contributed by atoms with van der Waals surface area (Å²) in [5.41, 5.74) is 2.48. The number of aromatic nitrogens is 2. The first-order valence-electron chi connectivity index (χ1n) is 6.37. The molecule has 0 aliphatic heterocycles. The van der Waals surface area contributed by atoms with E-state index in [1.54, 1.807) is 0 Å². The van der Waals surface area contributed by atoms with Gasteiger partial charge in [-0.05, 0) is 44.8 Å². The van der Waals surface area contributed by atoms with Gasteiger partial charge in [-0.2, -0.15) is 5.10 Å². The summed E-state index contributed by atoms with van der Waals surface area (Å²) in [6.07, 6.45) is 3.68. The highest BCUT2D eigenvalue weighted by molar-refractivity contribution is 5.09. The van der Waals surface area contributed by atoms with Crippen molar-refractivity contribution in [3.63, 3.8) is 0 Å². The molecule has 0 spiro atoms. The quantitative estimate of drug-likeness (QED) is 0.768. The van der Waals surface area contributed by atoms with E-state index < -0.39 is 0 Å². The SMILES string of the molecule is CCCC(CNCC)Cc1cc(C)nn1C. The van der Waals surface area contributed by atoms with Crippen LogP contribution in [0.3, 0.4) is 0 Å². The van der Waals surface area contributed by atoms with Gasteiger partial charge in [0.1, 0.15) is 0 Å². The van der Waals surface area contributed by atoms with Crippen LogP contribution in [0.1, 0.15) is 38.1 Å². The van der Waals surface area contributed by atoms with Crippen molar-refractivity contribution < 1.29 is 0 Å². The average Bonchev–Trinajstić information content (AvgIpc) is 2.54. The average molecular weight is 223 g/mol. The Hall–Kier alpha value is -0.830. The van der Waals surface area contributed by atoms with Crippen molar-refractivity contribution in [3.8, 4) is 0 Å². The zero-order valence-corrected chi connectivity index (χ0v) is 11.1. The topological polar surface area (TPSA) is 29.9 Å². The third-order valence-electron chi connectivity index (χ3n) is 2.98. The predicted octanol–water partition coefficient (Wildman–Crippen LogP) is 2.30. The summed E-state index contributed by atoms with van der Waals surface area (Å²) in [4.78, 5) is 0. The summed E-state index contributed by atoms with van der Waals surface area (Å²) in [6.45, 7) is 8.66. The first-order valence-corrected chi connectivity index (χ1v) is 6.37. The fourth-order valence-electron chi connectivity index (χ4n) is 2.18. The first-order chi connectivity index (χ1) is 7.67.